The number of nitrogens with zero attached hydrogens (tertiary/aromatic N) is 1. The molecular formula is C13H9F3N2O. The summed E-state index contributed by atoms with van der Waals surface area (Å²) in [5.74, 6) is 0. The summed E-state index contributed by atoms with van der Waals surface area (Å²) in [6.45, 7) is 1.80. The van der Waals surface area contributed by atoms with E-state index in [1.807, 2.05) is 0 Å². The first-order valence-corrected chi connectivity index (χ1v) is 5.59. The Bertz CT molecular complexity index is 843. The van der Waals surface area contributed by atoms with Crippen LogP contribution in [0.5, 0.6) is 0 Å². The number of aryl methyl sites for hydroxylation is 1. The van der Waals surface area contributed by atoms with Crippen LogP contribution in [0.2, 0.25) is 0 Å². The lowest BCUT2D eigenvalue weighted by molar-refractivity contribution is -0.137. The van der Waals surface area contributed by atoms with Crippen LogP contribution >= 0.6 is 0 Å². The number of aromatic amines is 1. The second kappa shape index (κ2) is 3.63. The number of aromatic nitrogens is 2. The molecule has 3 nitrogen and oxygen atoms in total. The van der Waals surface area contributed by atoms with E-state index >= 15 is 0 Å². The largest absolute Gasteiger partial charge is 0.416 e. The summed E-state index contributed by atoms with van der Waals surface area (Å²) >= 11 is 0. The molecule has 3 rings (SSSR count). The highest BCUT2D eigenvalue weighted by Gasteiger charge is 2.30. The van der Waals surface area contributed by atoms with Crippen LogP contribution in [0, 0.1) is 6.92 Å². The predicted molar refractivity (Wildman–Crippen MR) is 65.3 cm³/mol. The molecule has 1 aromatic carbocycles. The zero-order valence-electron chi connectivity index (χ0n) is 9.88. The van der Waals surface area contributed by atoms with Gasteiger partial charge in [-0.1, -0.05) is 0 Å². The van der Waals surface area contributed by atoms with E-state index in [2.05, 4.69) is 4.98 Å². The van der Waals surface area contributed by atoms with E-state index < -0.39 is 17.3 Å². The number of halogens is 3. The van der Waals surface area contributed by atoms with Crippen molar-refractivity contribution >= 4 is 16.6 Å². The highest BCUT2D eigenvalue weighted by atomic mass is 19.4. The van der Waals surface area contributed by atoms with Gasteiger partial charge in [-0.25, -0.2) is 0 Å². The van der Waals surface area contributed by atoms with E-state index in [-0.39, 0.29) is 5.52 Å². The quantitative estimate of drug-likeness (QED) is 0.667. The van der Waals surface area contributed by atoms with E-state index in [0.29, 0.717) is 11.0 Å². The Kier molecular flexibility index (Phi) is 2.26. The minimum absolute atomic E-state index is 0.173. The fourth-order valence-corrected chi connectivity index (χ4v) is 2.23. The average molecular weight is 266 g/mol. The second-order valence-electron chi connectivity index (χ2n) is 4.38. The fourth-order valence-electron chi connectivity index (χ4n) is 2.23. The van der Waals surface area contributed by atoms with Gasteiger partial charge in [0.25, 0.3) is 5.56 Å². The number of alkyl halides is 3. The van der Waals surface area contributed by atoms with Crippen molar-refractivity contribution in [1.82, 2.24) is 9.38 Å². The van der Waals surface area contributed by atoms with Crippen LogP contribution in [0.15, 0.2) is 35.1 Å². The van der Waals surface area contributed by atoms with Gasteiger partial charge in [-0.05, 0) is 37.3 Å². The maximum Gasteiger partial charge on any atom is 0.416 e. The lowest BCUT2D eigenvalue weighted by Crippen LogP contribution is -2.12. The molecule has 6 heteroatoms. The van der Waals surface area contributed by atoms with E-state index in [4.69, 9.17) is 0 Å². The summed E-state index contributed by atoms with van der Waals surface area (Å²) in [6.07, 6.45) is -4.42. The molecule has 3 aromatic rings. The molecule has 0 unspecified atom stereocenters. The van der Waals surface area contributed by atoms with Gasteiger partial charge >= 0.3 is 6.18 Å². The van der Waals surface area contributed by atoms with Crippen LogP contribution in [0.25, 0.3) is 16.6 Å². The third-order valence-corrected chi connectivity index (χ3v) is 3.12. The maximum atomic E-state index is 12.7. The zero-order valence-corrected chi connectivity index (χ0v) is 9.88. The van der Waals surface area contributed by atoms with E-state index in [1.54, 1.807) is 23.5 Å². The summed E-state index contributed by atoms with van der Waals surface area (Å²) < 4.78 is 39.6. The second-order valence-corrected chi connectivity index (χ2v) is 4.38. The van der Waals surface area contributed by atoms with Crippen molar-refractivity contribution in [2.75, 3.05) is 0 Å². The van der Waals surface area contributed by atoms with Gasteiger partial charge in [0.2, 0.25) is 0 Å². The molecule has 0 saturated carbocycles. The number of H-pyrrole nitrogens is 1. The van der Waals surface area contributed by atoms with Crippen LogP contribution in [-0.2, 0) is 6.18 Å². The number of benzene rings is 1. The standard InChI is InChI=1S/C13H9F3N2O/c1-7-2-4-11-12(19)17-9-6-8(13(14,15)16)3-5-10(9)18(7)11/h2-6H,1H3,(H,17,19). The van der Waals surface area contributed by atoms with Gasteiger partial charge in [0.15, 0.2) is 0 Å². The highest BCUT2D eigenvalue weighted by Crippen LogP contribution is 2.31. The Morgan fingerprint density at radius 2 is 1.79 bits per heavy atom. The smallest absolute Gasteiger partial charge is 0.319 e. The molecule has 98 valence electrons. The van der Waals surface area contributed by atoms with E-state index in [9.17, 15) is 18.0 Å². The number of hydrogen-bond donors (Lipinski definition) is 1. The van der Waals surface area contributed by atoms with Gasteiger partial charge in [-0.3, -0.25) is 4.79 Å². The first-order valence-electron chi connectivity index (χ1n) is 5.59. The minimum atomic E-state index is -4.42. The minimum Gasteiger partial charge on any atom is -0.319 e. The monoisotopic (exact) mass is 266 g/mol. The van der Waals surface area contributed by atoms with Crippen molar-refractivity contribution in [3.63, 3.8) is 0 Å². The Morgan fingerprint density at radius 3 is 2.47 bits per heavy atom. The van der Waals surface area contributed by atoms with Crippen LogP contribution < -0.4 is 5.56 Å². The van der Waals surface area contributed by atoms with Crippen molar-refractivity contribution in [3.8, 4) is 0 Å². The van der Waals surface area contributed by atoms with Gasteiger partial charge in [0.1, 0.15) is 5.52 Å². The van der Waals surface area contributed by atoms with Gasteiger partial charge in [-0.2, -0.15) is 13.2 Å². The molecule has 0 atom stereocenters. The van der Waals surface area contributed by atoms with Gasteiger partial charge in [0.05, 0.1) is 16.6 Å². The molecule has 19 heavy (non-hydrogen) atoms. The molecule has 0 aliphatic carbocycles. The molecule has 0 aliphatic heterocycles. The van der Waals surface area contributed by atoms with Crippen molar-refractivity contribution in [2.45, 2.75) is 13.1 Å². The maximum absolute atomic E-state index is 12.7. The van der Waals surface area contributed by atoms with Crippen LogP contribution in [0.4, 0.5) is 13.2 Å². The number of fused-ring (bicyclic) bond motifs is 3. The summed E-state index contributed by atoms with van der Waals surface area (Å²) in [7, 11) is 0. The average Bonchev–Trinajstić information content (AvgIpc) is 2.71. The molecule has 1 N–H and O–H groups in total. The normalized spacial score (nSPS) is 12.4. The molecule has 0 fully saturated rings. The van der Waals surface area contributed by atoms with E-state index in [1.165, 1.54) is 6.07 Å². The molecule has 0 aliphatic rings. The summed E-state index contributed by atoms with van der Waals surface area (Å²) in [5, 5.41) is 0. The zero-order chi connectivity index (χ0) is 13.8. The third kappa shape index (κ3) is 1.71. The molecular weight excluding hydrogens is 257 g/mol. The Labute approximate surface area is 105 Å². The summed E-state index contributed by atoms with van der Waals surface area (Å²) in [6, 6.07) is 6.73. The Hall–Kier alpha value is -2.24. The fraction of sp³-hybridized carbons (Fsp3) is 0.154. The van der Waals surface area contributed by atoms with Crippen LogP contribution in [-0.4, -0.2) is 9.38 Å². The Morgan fingerprint density at radius 1 is 1.11 bits per heavy atom. The molecule has 2 aromatic heterocycles. The SMILES string of the molecule is Cc1ccc2c(=O)[nH]c3cc(C(F)(F)F)ccc3n12. The van der Waals surface area contributed by atoms with Gasteiger partial charge in [0, 0.05) is 5.69 Å². The lowest BCUT2D eigenvalue weighted by Gasteiger charge is -2.09. The summed E-state index contributed by atoms with van der Waals surface area (Å²) in [4.78, 5) is 14.3. The van der Waals surface area contributed by atoms with Gasteiger partial charge in [-0.15, -0.1) is 0 Å². The van der Waals surface area contributed by atoms with Gasteiger partial charge < -0.3 is 9.38 Å². The molecule has 0 saturated heterocycles. The van der Waals surface area contributed by atoms with Crippen molar-refractivity contribution < 1.29 is 13.2 Å². The Balaban J connectivity index is 2.46. The topological polar surface area (TPSA) is 37.3 Å². The predicted octanol–water partition coefficient (Wildman–Crippen LogP) is 3.11. The van der Waals surface area contributed by atoms with Crippen molar-refractivity contribution in [3.05, 3.63) is 51.9 Å². The summed E-state index contributed by atoms with van der Waals surface area (Å²) in [5.41, 5.74) is 0.757. The molecule has 2 heterocycles. The van der Waals surface area contributed by atoms with E-state index in [0.717, 1.165) is 17.8 Å². The molecule has 0 bridgehead atoms. The molecule has 0 radical (unpaired) electrons. The molecule has 0 spiro atoms. The lowest BCUT2D eigenvalue weighted by atomic mass is 10.2. The van der Waals surface area contributed by atoms with Crippen molar-refractivity contribution in [2.24, 2.45) is 0 Å². The third-order valence-electron chi connectivity index (χ3n) is 3.12. The van der Waals surface area contributed by atoms with Crippen LogP contribution in [0.1, 0.15) is 11.3 Å². The highest BCUT2D eigenvalue weighted by molar-refractivity contribution is 5.79. The number of rotatable bonds is 0. The molecule has 0 amide bonds. The first kappa shape index (κ1) is 11.8. The number of hydrogen-bond acceptors (Lipinski definition) is 1. The van der Waals surface area contributed by atoms with Crippen LogP contribution in [0.3, 0.4) is 0 Å². The van der Waals surface area contributed by atoms with Crippen molar-refractivity contribution in [1.29, 1.82) is 0 Å². The number of nitrogens with one attached hydrogen (secondary N) is 1. The first-order chi connectivity index (χ1) is 8.88.